The standard InChI is InChI=1S/C14H25NO/c1-2-15-13(11-12-7-3-4-8-12)14-9-5-6-10-16-14/h9,12-13,15H,2-8,10-11H2,1H3. The van der Waals surface area contributed by atoms with E-state index in [0.717, 1.165) is 19.1 Å². The molecule has 0 spiro atoms. The highest BCUT2D eigenvalue weighted by Gasteiger charge is 2.23. The van der Waals surface area contributed by atoms with Crippen LogP contribution in [0.3, 0.4) is 0 Å². The average Bonchev–Trinajstić information content (AvgIpc) is 2.83. The molecule has 0 bridgehead atoms. The van der Waals surface area contributed by atoms with Crippen molar-refractivity contribution in [1.29, 1.82) is 0 Å². The summed E-state index contributed by atoms with van der Waals surface area (Å²) in [6, 6.07) is 0.480. The topological polar surface area (TPSA) is 21.3 Å². The van der Waals surface area contributed by atoms with Crippen molar-refractivity contribution in [1.82, 2.24) is 5.32 Å². The maximum atomic E-state index is 5.80. The van der Waals surface area contributed by atoms with Gasteiger partial charge in [0.05, 0.1) is 12.6 Å². The smallest absolute Gasteiger partial charge is 0.109 e. The van der Waals surface area contributed by atoms with Gasteiger partial charge in [0.25, 0.3) is 0 Å². The van der Waals surface area contributed by atoms with Gasteiger partial charge in [-0.05, 0) is 37.8 Å². The summed E-state index contributed by atoms with van der Waals surface area (Å²) in [6.45, 7) is 4.14. The van der Waals surface area contributed by atoms with E-state index in [-0.39, 0.29) is 0 Å². The first kappa shape index (κ1) is 12.0. The lowest BCUT2D eigenvalue weighted by Gasteiger charge is -2.26. The van der Waals surface area contributed by atoms with Crippen LogP contribution in [0.25, 0.3) is 0 Å². The van der Waals surface area contributed by atoms with Gasteiger partial charge in [-0.15, -0.1) is 0 Å². The SMILES string of the molecule is CCNC(CC1CCCC1)C1=CCCCO1. The maximum Gasteiger partial charge on any atom is 0.109 e. The second kappa shape index (κ2) is 6.29. The van der Waals surface area contributed by atoms with E-state index in [1.54, 1.807) is 0 Å². The fourth-order valence-electron chi connectivity index (χ4n) is 2.95. The molecule has 1 aliphatic carbocycles. The van der Waals surface area contributed by atoms with Crippen LogP contribution in [0.5, 0.6) is 0 Å². The van der Waals surface area contributed by atoms with Gasteiger partial charge in [-0.2, -0.15) is 0 Å². The van der Waals surface area contributed by atoms with Crippen molar-refractivity contribution in [2.75, 3.05) is 13.2 Å². The molecule has 0 aromatic rings. The molecular formula is C14H25NO. The molecule has 1 N–H and O–H groups in total. The molecule has 0 saturated heterocycles. The van der Waals surface area contributed by atoms with Crippen LogP contribution < -0.4 is 5.32 Å². The predicted octanol–water partition coefficient (Wildman–Crippen LogP) is 3.24. The molecule has 1 aliphatic heterocycles. The Kier molecular flexibility index (Phi) is 4.70. The van der Waals surface area contributed by atoms with Crippen LogP contribution >= 0.6 is 0 Å². The molecule has 0 amide bonds. The average molecular weight is 223 g/mol. The van der Waals surface area contributed by atoms with Crippen LogP contribution in [-0.2, 0) is 4.74 Å². The van der Waals surface area contributed by atoms with Crippen molar-refractivity contribution >= 4 is 0 Å². The molecule has 1 heterocycles. The van der Waals surface area contributed by atoms with E-state index in [1.165, 1.54) is 50.7 Å². The second-order valence-corrected chi connectivity index (χ2v) is 5.09. The zero-order valence-corrected chi connectivity index (χ0v) is 10.5. The third kappa shape index (κ3) is 3.24. The van der Waals surface area contributed by atoms with E-state index in [1.807, 2.05) is 0 Å². The van der Waals surface area contributed by atoms with Crippen LogP contribution in [0, 0.1) is 5.92 Å². The highest BCUT2D eigenvalue weighted by atomic mass is 16.5. The molecule has 1 saturated carbocycles. The Hall–Kier alpha value is -0.500. The van der Waals surface area contributed by atoms with Gasteiger partial charge in [-0.3, -0.25) is 0 Å². The molecule has 2 nitrogen and oxygen atoms in total. The zero-order valence-electron chi connectivity index (χ0n) is 10.5. The third-order valence-electron chi connectivity index (χ3n) is 3.80. The van der Waals surface area contributed by atoms with Crippen molar-refractivity contribution in [2.24, 2.45) is 5.92 Å². The van der Waals surface area contributed by atoms with E-state index in [9.17, 15) is 0 Å². The summed E-state index contributed by atoms with van der Waals surface area (Å²) in [7, 11) is 0. The van der Waals surface area contributed by atoms with Gasteiger partial charge in [0, 0.05) is 0 Å². The summed E-state index contributed by atoms with van der Waals surface area (Å²) in [4.78, 5) is 0. The molecule has 1 unspecified atom stereocenters. The van der Waals surface area contributed by atoms with Crippen molar-refractivity contribution in [3.8, 4) is 0 Å². The molecule has 1 atom stereocenters. The second-order valence-electron chi connectivity index (χ2n) is 5.09. The summed E-state index contributed by atoms with van der Waals surface area (Å²) < 4.78 is 5.80. The van der Waals surface area contributed by atoms with E-state index in [4.69, 9.17) is 4.74 Å². The lowest BCUT2D eigenvalue weighted by molar-refractivity contribution is 0.160. The Morgan fingerprint density at radius 2 is 2.19 bits per heavy atom. The number of allylic oxidation sites excluding steroid dienone is 1. The van der Waals surface area contributed by atoms with E-state index < -0.39 is 0 Å². The molecule has 0 aromatic carbocycles. The molecule has 0 aromatic heterocycles. The van der Waals surface area contributed by atoms with Gasteiger partial charge in [-0.25, -0.2) is 0 Å². The van der Waals surface area contributed by atoms with Crippen molar-refractivity contribution in [3.05, 3.63) is 11.8 Å². The lowest BCUT2D eigenvalue weighted by atomic mass is 9.96. The summed E-state index contributed by atoms with van der Waals surface area (Å²) in [5.74, 6) is 2.15. The molecular weight excluding hydrogens is 198 g/mol. The lowest BCUT2D eigenvalue weighted by Crippen LogP contribution is -2.34. The molecule has 16 heavy (non-hydrogen) atoms. The fourth-order valence-corrected chi connectivity index (χ4v) is 2.95. The van der Waals surface area contributed by atoms with Crippen molar-refractivity contribution in [2.45, 2.75) is 57.9 Å². The molecule has 0 radical (unpaired) electrons. The summed E-state index contributed by atoms with van der Waals surface area (Å²) in [5, 5.41) is 3.59. The van der Waals surface area contributed by atoms with Gasteiger partial charge in [0.1, 0.15) is 5.76 Å². The number of hydrogen-bond acceptors (Lipinski definition) is 2. The van der Waals surface area contributed by atoms with E-state index in [0.29, 0.717) is 6.04 Å². The first-order valence-corrected chi connectivity index (χ1v) is 6.96. The Bertz CT molecular complexity index is 231. The van der Waals surface area contributed by atoms with Crippen LogP contribution in [-0.4, -0.2) is 19.2 Å². The highest BCUT2D eigenvalue weighted by Crippen LogP contribution is 2.30. The van der Waals surface area contributed by atoms with Gasteiger partial charge >= 0.3 is 0 Å². The minimum absolute atomic E-state index is 0.480. The van der Waals surface area contributed by atoms with Crippen LogP contribution in [0.15, 0.2) is 11.8 Å². The number of nitrogens with one attached hydrogen (secondary N) is 1. The fraction of sp³-hybridized carbons (Fsp3) is 0.857. The molecule has 2 rings (SSSR count). The van der Waals surface area contributed by atoms with Crippen LogP contribution in [0.1, 0.15) is 51.9 Å². The largest absolute Gasteiger partial charge is 0.497 e. The Morgan fingerprint density at radius 1 is 1.38 bits per heavy atom. The highest BCUT2D eigenvalue weighted by molar-refractivity contribution is 5.06. The quantitative estimate of drug-likeness (QED) is 0.772. The Labute approximate surface area is 99.4 Å². The third-order valence-corrected chi connectivity index (χ3v) is 3.80. The minimum atomic E-state index is 0.480. The first-order chi connectivity index (χ1) is 7.90. The van der Waals surface area contributed by atoms with Crippen LogP contribution in [0.4, 0.5) is 0 Å². The number of rotatable bonds is 5. The van der Waals surface area contributed by atoms with Gasteiger partial charge in [0.15, 0.2) is 0 Å². The minimum Gasteiger partial charge on any atom is -0.497 e. The maximum absolute atomic E-state index is 5.80. The molecule has 92 valence electrons. The van der Waals surface area contributed by atoms with E-state index in [2.05, 4.69) is 18.3 Å². The first-order valence-electron chi connectivity index (χ1n) is 6.96. The van der Waals surface area contributed by atoms with E-state index >= 15 is 0 Å². The van der Waals surface area contributed by atoms with Crippen LogP contribution in [0.2, 0.25) is 0 Å². The van der Waals surface area contributed by atoms with Crippen molar-refractivity contribution < 1.29 is 4.74 Å². The number of ether oxygens (including phenoxy) is 1. The summed E-state index contributed by atoms with van der Waals surface area (Å²) in [6.07, 6.45) is 11.7. The van der Waals surface area contributed by atoms with Gasteiger partial charge < -0.3 is 10.1 Å². The van der Waals surface area contributed by atoms with Gasteiger partial charge in [0.2, 0.25) is 0 Å². The zero-order chi connectivity index (χ0) is 11.2. The summed E-state index contributed by atoms with van der Waals surface area (Å²) >= 11 is 0. The van der Waals surface area contributed by atoms with Crippen molar-refractivity contribution in [3.63, 3.8) is 0 Å². The predicted molar refractivity (Wildman–Crippen MR) is 67.3 cm³/mol. The number of likely N-dealkylation sites (N-methyl/N-ethyl adjacent to an activating group) is 1. The molecule has 1 fully saturated rings. The van der Waals surface area contributed by atoms with Gasteiger partial charge in [-0.1, -0.05) is 32.6 Å². The Morgan fingerprint density at radius 3 is 2.81 bits per heavy atom. The molecule has 2 aliphatic rings. The Balaban J connectivity index is 1.89. The molecule has 2 heteroatoms. The summed E-state index contributed by atoms with van der Waals surface area (Å²) in [5.41, 5.74) is 0. The monoisotopic (exact) mass is 223 g/mol. The normalized spacial score (nSPS) is 23.9. The number of hydrogen-bond donors (Lipinski definition) is 1.